The Bertz CT molecular complexity index is 658. The van der Waals surface area contributed by atoms with Crippen LogP contribution in [0.1, 0.15) is 42.7 Å². The third-order valence-electron chi connectivity index (χ3n) is 2.86. The van der Waals surface area contributed by atoms with Crippen LogP contribution in [0.5, 0.6) is 0 Å². The zero-order valence-electron chi connectivity index (χ0n) is 12.8. The highest BCUT2D eigenvalue weighted by molar-refractivity contribution is 6.03. The topological polar surface area (TPSA) is 92.9 Å². The molecule has 2 N–H and O–H groups in total. The number of carbonyl (C=O) groups excluding carboxylic acids is 1. The molecular formula is C14H19N5O2. The maximum absolute atomic E-state index is 12.3. The van der Waals surface area contributed by atoms with Crippen molar-refractivity contribution < 1.29 is 9.21 Å². The second-order valence-electron chi connectivity index (χ2n) is 5.71. The van der Waals surface area contributed by atoms with Gasteiger partial charge < -0.3 is 9.73 Å². The van der Waals surface area contributed by atoms with E-state index in [0.717, 1.165) is 5.69 Å². The summed E-state index contributed by atoms with van der Waals surface area (Å²) in [4.78, 5) is 16.8. The summed E-state index contributed by atoms with van der Waals surface area (Å²) in [5.41, 5.74) is 1.14. The second-order valence-corrected chi connectivity index (χ2v) is 5.71. The summed E-state index contributed by atoms with van der Waals surface area (Å²) in [6, 6.07) is 3.52. The molecule has 0 unspecified atom stereocenters. The highest BCUT2D eigenvalue weighted by atomic mass is 16.4. The van der Waals surface area contributed by atoms with Crippen molar-refractivity contribution in [3.8, 4) is 0 Å². The molecule has 112 valence electrons. The normalized spacial score (nSPS) is 11.3. The predicted molar refractivity (Wildman–Crippen MR) is 79.5 cm³/mol. The molecule has 0 aromatic carbocycles. The van der Waals surface area contributed by atoms with Gasteiger partial charge in [-0.1, -0.05) is 25.9 Å². The molecule has 0 radical (unpaired) electrons. The van der Waals surface area contributed by atoms with Crippen molar-refractivity contribution in [2.75, 3.05) is 17.7 Å². The Morgan fingerprint density at radius 3 is 2.48 bits per heavy atom. The van der Waals surface area contributed by atoms with Crippen molar-refractivity contribution in [3.05, 3.63) is 29.3 Å². The molecule has 7 heteroatoms. The van der Waals surface area contributed by atoms with Gasteiger partial charge in [-0.05, 0) is 12.1 Å². The first-order chi connectivity index (χ1) is 9.79. The van der Waals surface area contributed by atoms with Crippen LogP contribution in [0, 0.1) is 6.92 Å². The van der Waals surface area contributed by atoms with Crippen LogP contribution in [0.3, 0.4) is 0 Å². The van der Waals surface area contributed by atoms with Gasteiger partial charge in [0.05, 0.1) is 0 Å². The molecular weight excluding hydrogens is 270 g/mol. The third-order valence-corrected chi connectivity index (χ3v) is 2.86. The van der Waals surface area contributed by atoms with Crippen LogP contribution in [0.2, 0.25) is 0 Å². The number of rotatable bonds is 3. The molecule has 0 spiro atoms. The molecule has 1 amide bonds. The number of aryl methyl sites for hydroxylation is 1. The van der Waals surface area contributed by atoms with E-state index in [1.54, 1.807) is 26.1 Å². The highest BCUT2D eigenvalue weighted by Gasteiger charge is 2.20. The lowest BCUT2D eigenvalue weighted by molar-refractivity contribution is 0.102. The number of anilines is 2. The number of nitrogens with one attached hydrogen (secondary N) is 2. The summed E-state index contributed by atoms with van der Waals surface area (Å²) in [6.07, 6.45) is 0. The molecule has 21 heavy (non-hydrogen) atoms. The van der Waals surface area contributed by atoms with E-state index in [1.165, 1.54) is 0 Å². The van der Waals surface area contributed by atoms with Crippen LogP contribution in [0.25, 0.3) is 0 Å². The van der Waals surface area contributed by atoms with Gasteiger partial charge >= 0.3 is 6.01 Å². The number of aromatic nitrogens is 3. The standard InChI is InChI=1S/C14H19N5O2/c1-8-18-19-13(21-8)17-12(20)9-6-10(14(2,3)4)16-11(7-9)15-5/h6-7H,1-5H3,(H,15,16)(H,17,19,20). The fourth-order valence-electron chi connectivity index (χ4n) is 1.69. The zero-order chi connectivity index (χ0) is 15.6. The lowest BCUT2D eigenvalue weighted by Crippen LogP contribution is -2.18. The Morgan fingerprint density at radius 1 is 1.24 bits per heavy atom. The van der Waals surface area contributed by atoms with Crippen molar-refractivity contribution >= 4 is 17.7 Å². The van der Waals surface area contributed by atoms with E-state index >= 15 is 0 Å². The van der Waals surface area contributed by atoms with E-state index < -0.39 is 0 Å². The minimum absolute atomic E-state index is 0.0811. The molecule has 2 rings (SSSR count). The number of carbonyl (C=O) groups is 1. The number of nitrogens with zero attached hydrogens (tertiary/aromatic N) is 3. The number of hydrogen-bond donors (Lipinski definition) is 2. The van der Waals surface area contributed by atoms with Crippen LogP contribution < -0.4 is 10.6 Å². The molecule has 0 aliphatic rings. The Labute approximate surface area is 123 Å². The molecule has 0 aliphatic heterocycles. The molecule has 7 nitrogen and oxygen atoms in total. The Kier molecular flexibility index (Phi) is 3.93. The molecule has 2 aromatic heterocycles. The van der Waals surface area contributed by atoms with Crippen LogP contribution in [0.4, 0.5) is 11.8 Å². The number of pyridine rings is 1. The van der Waals surface area contributed by atoms with Crippen molar-refractivity contribution in [3.63, 3.8) is 0 Å². The minimum atomic E-state index is -0.317. The quantitative estimate of drug-likeness (QED) is 0.901. The average molecular weight is 289 g/mol. The van der Waals surface area contributed by atoms with Crippen molar-refractivity contribution in [1.82, 2.24) is 15.2 Å². The maximum atomic E-state index is 12.3. The first kappa shape index (κ1) is 15.0. The first-order valence-electron chi connectivity index (χ1n) is 6.61. The van der Waals surface area contributed by atoms with Gasteiger partial charge in [-0.25, -0.2) is 4.98 Å². The maximum Gasteiger partial charge on any atom is 0.322 e. The third kappa shape index (κ3) is 3.56. The molecule has 0 bridgehead atoms. The van der Waals surface area contributed by atoms with Crippen LogP contribution >= 0.6 is 0 Å². The first-order valence-corrected chi connectivity index (χ1v) is 6.61. The van der Waals surface area contributed by atoms with Crippen LogP contribution in [-0.4, -0.2) is 28.1 Å². The van der Waals surface area contributed by atoms with Gasteiger partial charge in [0.25, 0.3) is 5.91 Å². The second kappa shape index (κ2) is 5.51. The zero-order valence-corrected chi connectivity index (χ0v) is 12.8. The van der Waals surface area contributed by atoms with Gasteiger partial charge in [0, 0.05) is 30.6 Å². The molecule has 0 atom stereocenters. The smallest absolute Gasteiger partial charge is 0.322 e. The molecule has 0 saturated heterocycles. The SMILES string of the molecule is CNc1cc(C(=O)Nc2nnc(C)o2)cc(C(C)(C)C)n1. The number of amides is 1. The van der Waals surface area contributed by atoms with Crippen molar-refractivity contribution in [2.24, 2.45) is 0 Å². The van der Waals surface area contributed by atoms with E-state index in [9.17, 15) is 4.79 Å². The van der Waals surface area contributed by atoms with E-state index in [2.05, 4.69) is 25.8 Å². The van der Waals surface area contributed by atoms with E-state index in [4.69, 9.17) is 4.42 Å². The van der Waals surface area contributed by atoms with Gasteiger partial charge in [0.1, 0.15) is 5.82 Å². The van der Waals surface area contributed by atoms with Gasteiger partial charge in [0.15, 0.2) is 0 Å². The van der Waals surface area contributed by atoms with Crippen molar-refractivity contribution in [2.45, 2.75) is 33.1 Å². The molecule has 0 fully saturated rings. The van der Waals surface area contributed by atoms with E-state index in [-0.39, 0.29) is 17.3 Å². The summed E-state index contributed by atoms with van der Waals surface area (Å²) < 4.78 is 5.14. The average Bonchev–Trinajstić information content (AvgIpc) is 2.82. The Hall–Kier alpha value is -2.44. The lowest BCUT2D eigenvalue weighted by atomic mass is 9.90. The van der Waals surface area contributed by atoms with E-state index in [0.29, 0.717) is 17.3 Å². The Morgan fingerprint density at radius 2 is 1.95 bits per heavy atom. The van der Waals surface area contributed by atoms with E-state index in [1.807, 2.05) is 20.8 Å². The lowest BCUT2D eigenvalue weighted by Gasteiger charge is -2.19. The summed E-state index contributed by atoms with van der Waals surface area (Å²) in [6.45, 7) is 7.78. The predicted octanol–water partition coefficient (Wildman–Crippen LogP) is 2.36. The van der Waals surface area contributed by atoms with Crippen LogP contribution in [0.15, 0.2) is 16.5 Å². The molecule has 2 heterocycles. The monoisotopic (exact) mass is 289 g/mol. The van der Waals surface area contributed by atoms with Gasteiger partial charge in [-0.15, -0.1) is 5.10 Å². The van der Waals surface area contributed by atoms with Gasteiger partial charge in [-0.3, -0.25) is 10.1 Å². The van der Waals surface area contributed by atoms with Crippen LogP contribution in [-0.2, 0) is 5.41 Å². The Balaban J connectivity index is 2.31. The minimum Gasteiger partial charge on any atom is -0.408 e. The summed E-state index contributed by atoms with van der Waals surface area (Å²) in [5, 5.41) is 12.9. The summed E-state index contributed by atoms with van der Waals surface area (Å²) in [7, 11) is 1.76. The van der Waals surface area contributed by atoms with Gasteiger partial charge in [0.2, 0.25) is 5.89 Å². The number of hydrogen-bond acceptors (Lipinski definition) is 6. The summed E-state index contributed by atoms with van der Waals surface area (Å²) in [5.74, 6) is 0.712. The summed E-state index contributed by atoms with van der Waals surface area (Å²) >= 11 is 0. The fourth-order valence-corrected chi connectivity index (χ4v) is 1.69. The molecule has 0 saturated carbocycles. The molecule has 2 aromatic rings. The highest BCUT2D eigenvalue weighted by Crippen LogP contribution is 2.23. The largest absolute Gasteiger partial charge is 0.408 e. The fraction of sp³-hybridized carbons (Fsp3) is 0.429. The molecule has 0 aliphatic carbocycles. The van der Waals surface area contributed by atoms with Crippen molar-refractivity contribution in [1.29, 1.82) is 0 Å². The van der Waals surface area contributed by atoms with Gasteiger partial charge in [-0.2, -0.15) is 0 Å².